The highest BCUT2D eigenvalue weighted by molar-refractivity contribution is 5.74. The number of urea groups is 1. The van der Waals surface area contributed by atoms with Gasteiger partial charge in [0, 0.05) is 13.6 Å². The lowest BCUT2D eigenvalue weighted by molar-refractivity contribution is 0.0528. The van der Waals surface area contributed by atoms with Gasteiger partial charge in [0.05, 0.1) is 6.54 Å². The predicted octanol–water partition coefficient (Wildman–Crippen LogP) is 4.59. The lowest BCUT2D eigenvalue weighted by Crippen LogP contribution is -2.46. The number of rotatable bonds is 9. The van der Waals surface area contributed by atoms with Crippen molar-refractivity contribution < 1.29 is 9.90 Å². The maximum atomic E-state index is 12.6. The number of carbonyl (C=O) groups excluding carboxylic acids is 1. The molecule has 0 unspecified atom stereocenters. The SMILES string of the molecule is CN(CC(O)(c1ccccc1)c1ccccc1)C(=O)NCCCCc1ccccc1. The van der Waals surface area contributed by atoms with E-state index in [1.807, 2.05) is 78.9 Å². The molecule has 4 heteroatoms. The molecule has 2 amide bonds. The normalized spacial score (nSPS) is 11.1. The zero-order valence-corrected chi connectivity index (χ0v) is 17.5. The highest BCUT2D eigenvalue weighted by Gasteiger charge is 2.34. The fourth-order valence-electron chi connectivity index (χ4n) is 3.62. The molecule has 0 radical (unpaired) electrons. The zero-order valence-electron chi connectivity index (χ0n) is 17.5. The number of nitrogens with one attached hydrogen (secondary N) is 1. The number of nitrogens with zero attached hydrogens (tertiary/aromatic N) is 1. The average molecular weight is 403 g/mol. The van der Waals surface area contributed by atoms with Crippen molar-refractivity contribution in [3.8, 4) is 0 Å². The van der Waals surface area contributed by atoms with Gasteiger partial charge in [0.2, 0.25) is 0 Å². The van der Waals surface area contributed by atoms with Crippen molar-refractivity contribution in [3.63, 3.8) is 0 Å². The van der Waals surface area contributed by atoms with Crippen LogP contribution >= 0.6 is 0 Å². The van der Waals surface area contributed by atoms with E-state index in [4.69, 9.17) is 0 Å². The third kappa shape index (κ3) is 5.71. The van der Waals surface area contributed by atoms with Gasteiger partial charge in [-0.2, -0.15) is 0 Å². The molecule has 3 aromatic carbocycles. The average Bonchev–Trinajstić information content (AvgIpc) is 2.80. The topological polar surface area (TPSA) is 52.6 Å². The second-order valence-electron chi connectivity index (χ2n) is 7.62. The van der Waals surface area contributed by atoms with Gasteiger partial charge in [-0.25, -0.2) is 4.79 Å². The predicted molar refractivity (Wildman–Crippen MR) is 121 cm³/mol. The molecular weight excluding hydrogens is 372 g/mol. The number of amides is 2. The second kappa shape index (κ2) is 10.6. The Kier molecular flexibility index (Phi) is 7.63. The first-order valence-electron chi connectivity index (χ1n) is 10.5. The zero-order chi connectivity index (χ0) is 21.2. The van der Waals surface area contributed by atoms with Crippen molar-refractivity contribution in [2.45, 2.75) is 24.9 Å². The Bertz CT molecular complexity index is 859. The van der Waals surface area contributed by atoms with Crippen molar-refractivity contribution in [2.24, 2.45) is 0 Å². The second-order valence-corrected chi connectivity index (χ2v) is 7.62. The van der Waals surface area contributed by atoms with Crippen LogP contribution in [0.5, 0.6) is 0 Å². The number of benzene rings is 3. The minimum absolute atomic E-state index is 0.164. The van der Waals surface area contributed by atoms with Gasteiger partial charge in [0.1, 0.15) is 5.60 Å². The maximum Gasteiger partial charge on any atom is 0.317 e. The van der Waals surface area contributed by atoms with Crippen LogP contribution in [0, 0.1) is 0 Å². The molecule has 0 fully saturated rings. The number of unbranched alkanes of at least 4 members (excludes halogenated alkanes) is 1. The molecule has 3 aromatic rings. The first-order chi connectivity index (χ1) is 14.6. The molecule has 0 heterocycles. The summed E-state index contributed by atoms with van der Waals surface area (Å²) in [4.78, 5) is 14.2. The van der Waals surface area contributed by atoms with Gasteiger partial charge in [-0.1, -0.05) is 91.0 Å². The van der Waals surface area contributed by atoms with Gasteiger partial charge in [0.25, 0.3) is 0 Å². The fourth-order valence-corrected chi connectivity index (χ4v) is 3.62. The number of hydrogen-bond donors (Lipinski definition) is 2. The van der Waals surface area contributed by atoms with Crippen LogP contribution in [0.2, 0.25) is 0 Å². The van der Waals surface area contributed by atoms with E-state index in [2.05, 4.69) is 17.4 Å². The van der Waals surface area contributed by atoms with Crippen LogP contribution in [-0.2, 0) is 12.0 Å². The lowest BCUT2D eigenvalue weighted by Gasteiger charge is -2.33. The molecule has 4 nitrogen and oxygen atoms in total. The summed E-state index contributed by atoms with van der Waals surface area (Å²) in [6.07, 6.45) is 2.94. The monoisotopic (exact) mass is 402 g/mol. The van der Waals surface area contributed by atoms with Crippen LogP contribution < -0.4 is 5.32 Å². The molecule has 156 valence electrons. The first-order valence-corrected chi connectivity index (χ1v) is 10.5. The Hall–Kier alpha value is -3.11. The molecule has 0 spiro atoms. The quantitative estimate of drug-likeness (QED) is 0.515. The molecule has 0 atom stereocenters. The maximum absolute atomic E-state index is 12.6. The molecule has 3 rings (SSSR count). The van der Waals surface area contributed by atoms with Crippen LogP contribution in [0.4, 0.5) is 4.79 Å². The highest BCUT2D eigenvalue weighted by atomic mass is 16.3. The molecular formula is C26H30N2O2. The van der Waals surface area contributed by atoms with Crippen molar-refractivity contribution in [1.82, 2.24) is 10.2 Å². The van der Waals surface area contributed by atoms with Crippen molar-refractivity contribution in [2.75, 3.05) is 20.1 Å². The summed E-state index contributed by atoms with van der Waals surface area (Å²) in [5, 5.41) is 14.6. The summed E-state index contributed by atoms with van der Waals surface area (Å²) in [7, 11) is 1.72. The summed E-state index contributed by atoms with van der Waals surface area (Å²) in [6.45, 7) is 0.780. The minimum atomic E-state index is -1.28. The molecule has 0 saturated heterocycles. The third-order valence-corrected chi connectivity index (χ3v) is 5.33. The summed E-state index contributed by atoms with van der Waals surface area (Å²) >= 11 is 0. The number of aliphatic hydroxyl groups is 1. The summed E-state index contributed by atoms with van der Waals surface area (Å²) in [6, 6.07) is 29.2. The lowest BCUT2D eigenvalue weighted by atomic mass is 9.86. The van der Waals surface area contributed by atoms with Crippen LogP contribution in [0.1, 0.15) is 29.5 Å². The first kappa shape index (κ1) is 21.6. The standard InChI is InChI=1S/C26H30N2O2/c1-28(25(29)27-20-12-11-15-22-13-5-2-6-14-22)21-26(30,23-16-7-3-8-17-23)24-18-9-4-10-19-24/h2-10,13-14,16-19,30H,11-12,15,20-21H2,1H3,(H,27,29). The van der Waals surface area contributed by atoms with E-state index >= 15 is 0 Å². The number of carbonyl (C=O) groups is 1. The van der Waals surface area contributed by atoms with Crippen LogP contribution in [0.25, 0.3) is 0 Å². The number of hydrogen-bond acceptors (Lipinski definition) is 2. The summed E-state index contributed by atoms with van der Waals surface area (Å²) in [5.41, 5.74) is 1.57. The van der Waals surface area contributed by atoms with E-state index in [0.717, 1.165) is 30.4 Å². The van der Waals surface area contributed by atoms with Gasteiger partial charge >= 0.3 is 6.03 Å². The fraction of sp³-hybridized carbons (Fsp3) is 0.269. The Morgan fingerprint density at radius 3 is 1.87 bits per heavy atom. The van der Waals surface area contributed by atoms with E-state index < -0.39 is 5.60 Å². The molecule has 2 N–H and O–H groups in total. The van der Waals surface area contributed by atoms with Crippen molar-refractivity contribution in [1.29, 1.82) is 0 Å². The van der Waals surface area contributed by atoms with E-state index in [-0.39, 0.29) is 12.6 Å². The summed E-state index contributed by atoms with van der Waals surface area (Å²) in [5.74, 6) is 0. The number of likely N-dealkylation sites (N-methyl/N-ethyl adjacent to an activating group) is 1. The highest BCUT2D eigenvalue weighted by Crippen LogP contribution is 2.30. The van der Waals surface area contributed by atoms with Gasteiger partial charge in [-0.3, -0.25) is 0 Å². The van der Waals surface area contributed by atoms with Crippen LogP contribution in [-0.4, -0.2) is 36.2 Å². The van der Waals surface area contributed by atoms with Crippen molar-refractivity contribution >= 4 is 6.03 Å². The van der Waals surface area contributed by atoms with E-state index in [0.29, 0.717) is 6.54 Å². The van der Waals surface area contributed by atoms with Gasteiger partial charge in [-0.05, 0) is 36.0 Å². The van der Waals surface area contributed by atoms with Gasteiger partial charge in [0.15, 0.2) is 0 Å². The van der Waals surface area contributed by atoms with E-state index in [1.165, 1.54) is 5.56 Å². The number of aryl methyl sites for hydroxylation is 1. The Morgan fingerprint density at radius 2 is 1.33 bits per heavy atom. The molecule has 0 aliphatic heterocycles. The van der Waals surface area contributed by atoms with Crippen molar-refractivity contribution in [3.05, 3.63) is 108 Å². The van der Waals surface area contributed by atoms with Crippen LogP contribution in [0.3, 0.4) is 0 Å². The largest absolute Gasteiger partial charge is 0.379 e. The molecule has 0 aliphatic carbocycles. The molecule has 30 heavy (non-hydrogen) atoms. The molecule has 0 saturated carbocycles. The van der Waals surface area contributed by atoms with Gasteiger partial charge < -0.3 is 15.3 Å². The Morgan fingerprint density at radius 1 is 0.833 bits per heavy atom. The van der Waals surface area contributed by atoms with Gasteiger partial charge in [-0.15, -0.1) is 0 Å². The van der Waals surface area contributed by atoms with Crippen LogP contribution in [0.15, 0.2) is 91.0 Å². The molecule has 0 aromatic heterocycles. The van der Waals surface area contributed by atoms with E-state index in [9.17, 15) is 9.90 Å². The Balaban J connectivity index is 1.56. The Labute approximate surface area is 179 Å². The molecule has 0 bridgehead atoms. The smallest absolute Gasteiger partial charge is 0.317 e. The third-order valence-electron chi connectivity index (χ3n) is 5.33. The van der Waals surface area contributed by atoms with E-state index in [1.54, 1.807) is 11.9 Å². The minimum Gasteiger partial charge on any atom is -0.379 e. The summed E-state index contributed by atoms with van der Waals surface area (Å²) < 4.78 is 0. The molecule has 0 aliphatic rings.